The Kier molecular flexibility index (Phi) is 7.83. The second kappa shape index (κ2) is 9.40. The monoisotopic (exact) mass is 292 g/mol. The lowest BCUT2D eigenvalue weighted by Gasteiger charge is -2.20. The zero-order valence-corrected chi connectivity index (χ0v) is 13.6. The van der Waals surface area contributed by atoms with Gasteiger partial charge in [0, 0.05) is 12.6 Å². The number of carbonyl (C=O) groups is 1. The third-order valence-electron chi connectivity index (χ3n) is 3.59. The molecule has 4 heteroatoms. The maximum absolute atomic E-state index is 12.0. The molecular formula is C17H28N2O2. The van der Waals surface area contributed by atoms with Crippen molar-refractivity contribution in [1.29, 1.82) is 0 Å². The first-order valence-electron chi connectivity index (χ1n) is 7.76. The molecule has 2 N–H and O–H groups in total. The van der Waals surface area contributed by atoms with E-state index in [2.05, 4.69) is 24.5 Å². The molecule has 0 aliphatic heterocycles. The molecule has 21 heavy (non-hydrogen) atoms. The summed E-state index contributed by atoms with van der Waals surface area (Å²) in [7, 11) is 1.65. The van der Waals surface area contributed by atoms with Gasteiger partial charge < -0.3 is 10.1 Å². The van der Waals surface area contributed by atoms with Gasteiger partial charge in [0.05, 0.1) is 13.2 Å². The maximum atomic E-state index is 12.0. The summed E-state index contributed by atoms with van der Waals surface area (Å²) >= 11 is 0. The number of methoxy groups -OCH3 is 1. The zero-order valence-electron chi connectivity index (χ0n) is 13.6. The van der Waals surface area contributed by atoms with Gasteiger partial charge in [0.15, 0.2) is 0 Å². The van der Waals surface area contributed by atoms with Crippen LogP contribution in [0.4, 0.5) is 0 Å². The fourth-order valence-corrected chi connectivity index (χ4v) is 2.18. The molecule has 0 aromatic heterocycles. The molecule has 1 amide bonds. The quantitative estimate of drug-likeness (QED) is 0.688. The second-order valence-electron chi connectivity index (χ2n) is 5.38. The van der Waals surface area contributed by atoms with E-state index in [1.807, 2.05) is 31.2 Å². The average Bonchev–Trinajstić information content (AvgIpc) is 2.51. The Balaban J connectivity index is 2.41. The molecule has 1 unspecified atom stereocenters. The molecule has 0 bridgehead atoms. The molecule has 1 aromatic carbocycles. The minimum absolute atomic E-state index is 0.0615. The number of amides is 1. The van der Waals surface area contributed by atoms with Crippen LogP contribution in [0.25, 0.3) is 0 Å². The van der Waals surface area contributed by atoms with Crippen LogP contribution in [0.5, 0.6) is 5.75 Å². The molecule has 0 aliphatic carbocycles. The van der Waals surface area contributed by atoms with Crippen LogP contribution in [0.3, 0.4) is 0 Å². The van der Waals surface area contributed by atoms with E-state index in [1.165, 1.54) is 0 Å². The maximum Gasteiger partial charge on any atom is 0.236 e. The Morgan fingerprint density at radius 1 is 1.19 bits per heavy atom. The number of benzene rings is 1. The van der Waals surface area contributed by atoms with Gasteiger partial charge in [-0.15, -0.1) is 0 Å². The van der Waals surface area contributed by atoms with Crippen LogP contribution in [-0.4, -0.2) is 25.6 Å². The predicted octanol–water partition coefficient (Wildman–Crippen LogP) is 3.04. The van der Waals surface area contributed by atoms with Crippen molar-refractivity contribution < 1.29 is 9.53 Å². The molecule has 1 rings (SSSR count). The molecule has 2 atom stereocenters. The van der Waals surface area contributed by atoms with E-state index in [0.717, 1.165) is 37.1 Å². The first-order valence-corrected chi connectivity index (χ1v) is 7.76. The van der Waals surface area contributed by atoms with E-state index < -0.39 is 0 Å². The molecule has 0 heterocycles. The van der Waals surface area contributed by atoms with Gasteiger partial charge in [-0.2, -0.15) is 0 Å². The third kappa shape index (κ3) is 6.17. The number of unbranched alkanes of at least 4 members (excludes halogenated alkanes) is 2. The third-order valence-corrected chi connectivity index (χ3v) is 3.59. The molecule has 0 saturated heterocycles. The van der Waals surface area contributed by atoms with Gasteiger partial charge in [0.2, 0.25) is 5.91 Å². The van der Waals surface area contributed by atoms with Gasteiger partial charge in [-0.1, -0.05) is 31.9 Å². The van der Waals surface area contributed by atoms with Crippen LogP contribution in [-0.2, 0) is 4.79 Å². The minimum Gasteiger partial charge on any atom is -0.497 e. The van der Waals surface area contributed by atoms with E-state index in [1.54, 1.807) is 7.11 Å². The summed E-state index contributed by atoms with van der Waals surface area (Å²) in [6.07, 6.45) is 3.37. The summed E-state index contributed by atoms with van der Waals surface area (Å²) in [4.78, 5) is 12.0. The van der Waals surface area contributed by atoms with Crippen LogP contribution in [0.1, 0.15) is 51.6 Å². The van der Waals surface area contributed by atoms with Crippen molar-refractivity contribution in [2.45, 2.75) is 52.1 Å². The second-order valence-corrected chi connectivity index (χ2v) is 5.38. The molecule has 1 aromatic rings. The van der Waals surface area contributed by atoms with Gasteiger partial charge in [0.25, 0.3) is 0 Å². The van der Waals surface area contributed by atoms with Crippen LogP contribution in [0, 0.1) is 0 Å². The fourth-order valence-electron chi connectivity index (χ4n) is 2.18. The molecule has 0 aliphatic rings. The minimum atomic E-state index is -0.205. The van der Waals surface area contributed by atoms with Gasteiger partial charge in [-0.25, -0.2) is 0 Å². The Labute approximate surface area is 128 Å². The number of hydrogen-bond donors (Lipinski definition) is 2. The van der Waals surface area contributed by atoms with Crippen LogP contribution < -0.4 is 15.4 Å². The summed E-state index contributed by atoms with van der Waals surface area (Å²) in [6, 6.07) is 7.81. The van der Waals surface area contributed by atoms with Gasteiger partial charge in [-0.05, 0) is 38.0 Å². The summed E-state index contributed by atoms with van der Waals surface area (Å²) < 4.78 is 5.15. The largest absolute Gasteiger partial charge is 0.497 e. The Morgan fingerprint density at radius 2 is 1.86 bits per heavy atom. The van der Waals surface area contributed by atoms with E-state index >= 15 is 0 Å². The molecule has 0 fully saturated rings. The van der Waals surface area contributed by atoms with Crippen LogP contribution in [0.15, 0.2) is 24.3 Å². The van der Waals surface area contributed by atoms with Crippen molar-refractivity contribution in [3.8, 4) is 5.75 Å². The van der Waals surface area contributed by atoms with E-state index in [0.29, 0.717) is 0 Å². The first kappa shape index (κ1) is 17.5. The smallest absolute Gasteiger partial charge is 0.236 e. The van der Waals surface area contributed by atoms with Crippen molar-refractivity contribution in [3.63, 3.8) is 0 Å². The van der Waals surface area contributed by atoms with Gasteiger partial charge >= 0.3 is 0 Å². The highest BCUT2D eigenvalue weighted by Gasteiger charge is 2.15. The Hall–Kier alpha value is -1.55. The summed E-state index contributed by atoms with van der Waals surface area (Å²) in [6.45, 7) is 6.87. The Morgan fingerprint density at radius 3 is 2.43 bits per heavy atom. The number of hydrogen-bond acceptors (Lipinski definition) is 3. The number of carbonyl (C=O) groups excluding carboxylic acids is 1. The number of nitrogens with one attached hydrogen (secondary N) is 2. The standard InChI is InChI=1S/C17H28N2O2/c1-5-6-7-12-18-17(20)14(3)19-13(2)15-8-10-16(21-4)11-9-15/h8-11,13-14,19H,5-7,12H2,1-4H3,(H,18,20)/t13-,14?/m1/s1. The molecule has 118 valence electrons. The molecular weight excluding hydrogens is 264 g/mol. The van der Waals surface area contributed by atoms with E-state index in [-0.39, 0.29) is 18.0 Å². The zero-order chi connectivity index (χ0) is 15.7. The Bertz CT molecular complexity index is 417. The molecule has 0 radical (unpaired) electrons. The molecule has 0 saturated carbocycles. The number of rotatable bonds is 9. The summed E-state index contributed by atoms with van der Waals surface area (Å²) in [5, 5.41) is 6.29. The first-order chi connectivity index (χ1) is 10.1. The highest BCUT2D eigenvalue weighted by molar-refractivity contribution is 5.81. The predicted molar refractivity (Wildman–Crippen MR) is 86.5 cm³/mol. The lowest BCUT2D eigenvalue weighted by Crippen LogP contribution is -2.43. The normalized spacial score (nSPS) is 13.5. The van der Waals surface area contributed by atoms with Crippen LogP contribution in [0.2, 0.25) is 0 Å². The number of ether oxygens (including phenoxy) is 1. The topological polar surface area (TPSA) is 50.4 Å². The van der Waals surface area contributed by atoms with Crippen molar-refractivity contribution in [3.05, 3.63) is 29.8 Å². The van der Waals surface area contributed by atoms with Gasteiger partial charge in [-0.3, -0.25) is 10.1 Å². The SMILES string of the molecule is CCCCCNC(=O)C(C)N[C@H](C)c1ccc(OC)cc1. The molecule has 0 spiro atoms. The highest BCUT2D eigenvalue weighted by atomic mass is 16.5. The summed E-state index contributed by atoms with van der Waals surface area (Å²) in [5.74, 6) is 0.902. The summed E-state index contributed by atoms with van der Waals surface area (Å²) in [5.41, 5.74) is 1.14. The lowest BCUT2D eigenvalue weighted by atomic mass is 10.1. The van der Waals surface area contributed by atoms with E-state index in [9.17, 15) is 4.79 Å². The highest BCUT2D eigenvalue weighted by Crippen LogP contribution is 2.17. The average molecular weight is 292 g/mol. The molecule has 4 nitrogen and oxygen atoms in total. The van der Waals surface area contributed by atoms with Crippen molar-refractivity contribution >= 4 is 5.91 Å². The van der Waals surface area contributed by atoms with Crippen molar-refractivity contribution in [1.82, 2.24) is 10.6 Å². The van der Waals surface area contributed by atoms with Crippen molar-refractivity contribution in [2.24, 2.45) is 0 Å². The van der Waals surface area contributed by atoms with Crippen LogP contribution >= 0.6 is 0 Å². The van der Waals surface area contributed by atoms with Crippen molar-refractivity contribution in [2.75, 3.05) is 13.7 Å². The fraction of sp³-hybridized carbons (Fsp3) is 0.588. The van der Waals surface area contributed by atoms with E-state index in [4.69, 9.17) is 4.74 Å². The lowest BCUT2D eigenvalue weighted by molar-refractivity contribution is -0.122. The van der Waals surface area contributed by atoms with Gasteiger partial charge in [0.1, 0.15) is 5.75 Å².